The molecule has 0 spiro atoms. The van der Waals surface area contributed by atoms with Crippen LogP contribution in [0.25, 0.3) is 49.9 Å². The van der Waals surface area contributed by atoms with Crippen molar-refractivity contribution in [1.82, 2.24) is 9.13 Å². The molecule has 8 rings (SSSR count). The number of fused-ring (bicyclic) bond motifs is 4. The quantitative estimate of drug-likeness (QED) is 0.125. The topological polar surface area (TPSA) is 23.0 Å². The van der Waals surface area contributed by atoms with E-state index < -0.39 is 0 Å². The number of imidazole rings is 1. The first-order valence-corrected chi connectivity index (χ1v) is 20.1. The summed E-state index contributed by atoms with van der Waals surface area (Å²) in [5.74, 6) is 1.22. The summed E-state index contributed by atoms with van der Waals surface area (Å²) in [5.41, 5.74) is 12.2. The smallest absolute Gasteiger partial charge is 0.510 e. The zero-order chi connectivity index (χ0) is 40.7. The van der Waals surface area contributed by atoms with Gasteiger partial charge in [-0.2, -0.15) is 42.0 Å². The Morgan fingerprint density at radius 3 is 1.83 bits per heavy atom. The molecule has 0 amide bonds. The molecule has 0 fully saturated rings. The molecule has 0 aliphatic rings. The average molecular weight is 944 g/mol. The van der Waals surface area contributed by atoms with Crippen LogP contribution in [0.15, 0.2) is 109 Å². The van der Waals surface area contributed by atoms with Gasteiger partial charge >= 0.3 is 21.1 Å². The van der Waals surface area contributed by atoms with Gasteiger partial charge in [0.05, 0.1) is 16.7 Å². The van der Waals surface area contributed by atoms with E-state index in [1.54, 1.807) is 0 Å². The minimum atomic E-state index is -0.00708. The standard InChI is InChI=1S/C53H54N3O.Pt/c1-50(2,3)35-17-15-19-40(28-35)56-46-26-23-36(51(4,5)6)31-45(46)44-25-24-43(33-49(44)56)57-42-20-16-18-39(32-42)54-34-55(48-22-14-13-21-47(48)54)41-29-37(52(7,8)9)27-38(30-41)53(10,11)12;/h13-18,20-31H,1-12H3;/q-3;+4. The van der Waals surface area contributed by atoms with Gasteiger partial charge < -0.3 is 13.9 Å². The van der Waals surface area contributed by atoms with Crippen molar-refractivity contribution in [3.05, 3.63) is 156 Å². The van der Waals surface area contributed by atoms with Crippen LogP contribution in [0.4, 0.5) is 0 Å². The van der Waals surface area contributed by atoms with E-state index in [0.717, 1.165) is 44.5 Å². The second-order valence-corrected chi connectivity index (χ2v) is 19.6. The average Bonchev–Trinajstić information content (AvgIpc) is 3.69. The molecular weight excluding hydrogens is 890 g/mol. The Morgan fingerprint density at radius 1 is 0.517 bits per heavy atom. The van der Waals surface area contributed by atoms with Gasteiger partial charge in [-0.15, -0.1) is 35.7 Å². The molecule has 4 nitrogen and oxygen atoms in total. The van der Waals surface area contributed by atoms with E-state index in [9.17, 15) is 0 Å². The summed E-state index contributed by atoms with van der Waals surface area (Å²) < 4.78 is 13.2. The van der Waals surface area contributed by atoms with Gasteiger partial charge in [-0.1, -0.05) is 137 Å². The van der Waals surface area contributed by atoms with Gasteiger partial charge in [0.1, 0.15) is 0 Å². The number of ether oxygens (including phenoxy) is 1. The maximum Gasteiger partial charge on any atom is 4.00 e. The number of benzene rings is 6. The Morgan fingerprint density at radius 2 is 1.16 bits per heavy atom. The first-order valence-electron chi connectivity index (χ1n) is 20.1. The Bertz CT molecular complexity index is 2780. The number of hydrogen-bond acceptors (Lipinski definition) is 1. The third-order valence-corrected chi connectivity index (χ3v) is 11.1. The van der Waals surface area contributed by atoms with Crippen LogP contribution in [0, 0.1) is 24.5 Å². The molecule has 0 N–H and O–H groups in total. The Labute approximate surface area is 359 Å². The molecule has 6 aromatic carbocycles. The molecule has 296 valence electrons. The van der Waals surface area contributed by atoms with Gasteiger partial charge in [0.15, 0.2) is 0 Å². The van der Waals surface area contributed by atoms with E-state index in [1.807, 2.05) is 24.3 Å². The molecule has 0 unspecified atom stereocenters. The van der Waals surface area contributed by atoms with Gasteiger partial charge in [0.25, 0.3) is 6.33 Å². The van der Waals surface area contributed by atoms with Gasteiger partial charge in [-0.25, -0.2) is 0 Å². The summed E-state index contributed by atoms with van der Waals surface area (Å²) in [6, 6.07) is 49.7. The minimum Gasteiger partial charge on any atom is -0.510 e. The van der Waals surface area contributed by atoms with E-state index in [2.05, 4.69) is 206 Å². The molecule has 58 heavy (non-hydrogen) atoms. The summed E-state index contributed by atoms with van der Waals surface area (Å²) in [6.45, 7) is 27.2. The first kappa shape index (κ1) is 41.2. The molecule has 0 bridgehead atoms. The zero-order valence-electron chi connectivity index (χ0n) is 36.0. The largest absolute Gasteiger partial charge is 4.00 e. The number of rotatable bonds is 5. The second-order valence-electron chi connectivity index (χ2n) is 19.6. The Balaban J connectivity index is 0.00000512. The number of hydrogen-bond donors (Lipinski definition) is 0. The predicted molar refractivity (Wildman–Crippen MR) is 236 cm³/mol. The van der Waals surface area contributed by atoms with E-state index in [0.29, 0.717) is 11.5 Å². The Hall–Kier alpha value is -4.92. The van der Waals surface area contributed by atoms with Crippen LogP contribution in [0.2, 0.25) is 0 Å². The van der Waals surface area contributed by atoms with E-state index in [1.165, 1.54) is 27.6 Å². The van der Waals surface area contributed by atoms with Gasteiger partial charge in [-0.3, -0.25) is 4.57 Å². The molecule has 8 aromatic rings. The summed E-state index contributed by atoms with van der Waals surface area (Å²) in [6.07, 6.45) is 3.70. The maximum atomic E-state index is 6.63. The van der Waals surface area contributed by atoms with Gasteiger partial charge in [-0.05, 0) is 67.6 Å². The summed E-state index contributed by atoms with van der Waals surface area (Å²) in [7, 11) is 0. The molecule has 0 atom stereocenters. The third kappa shape index (κ3) is 7.81. The van der Waals surface area contributed by atoms with E-state index in [-0.39, 0.29) is 42.7 Å². The minimum absolute atomic E-state index is 0. The van der Waals surface area contributed by atoms with Crippen molar-refractivity contribution in [3.63, 3.8) is 0 Å². The van der Waals surface area contributed by atoms with Crippen molar-refractivity contribution in [3.8, 4) is 28.6 Å². The SMILES string of the molecule is CC(C)(C)c1cc[c-]c(-n2c3[c-]c(Oc4[c-]c(-n5[c-][n+](-c6cc(C(C)(C)C)cc(C(C)(C)C)c6)c6ccccc65)ccc4)ccc3c3cc(C(C)(C)C)ccc32)c1.[Pt+4]. The number of nitrogens with zero attached hydrogens (tertiary/aromatic N) is 3. The van der Waals surface area contributed by atoms with Crippen molar-refractivity contribution < 1.29 is 30.4 Å². The molecule has 2 aromatic heterocycles. The van der Waals surface area contributed by atoms with Crippen LogP contribution in [0.5, 0.6) is 11.5 Å². The molecule has 0 saturated heterocycles. The van der Waals surface area contributed by atoms with Crippen LogP contribution < -0.4 is 9.30 Å². The van der Waals surface area contributed by atoms with Crippen molar-refractivity contribution >= 4 is 32.8 Å². The predicted octanol–water partition coefficient (Wildman–Crippen LogP) is 13.2. The summed E-state index contributed by atoms with van der Waals surface area (Å²) in [5, 5.41) is 2.31. The molecule has 0 saturated carbocycles. The third-order valence-electron chi connectivity index (χ3n) is 11.1. The summed E-state index contributed by atoms with van der Waals surface area (Å²) >= 11 is 0. The number of aromatic nitrogens is 3. The summed E-state index contributed by atoms with van der Waals surface area (Å²) in [4.78, 5) is 0. The van der Waals surface area contributed by atoms with Crippen molar-refractivity contribution in [2.24, 2.45) is 0 Å². The monoisotopic (exact) mass is 943 g/mol. The fraction of sp³-hybridized carbons (Fsp3) is 0.302. The molecule has 2 heterocycles. The first-order chi connectivity index (χ1) is 26.8. The molecule has 0 aliphatic carbocycles. The van der Waals surface area contributed by atoms with E-state index in [4.69, 9.17) is 4.74 Å². The van der Waals surface area contributed by atoms with Crippen molar-refractivity contribution in [2.45, 2.75) is 105 Å². The maximum absolute atomic E-state index is 6.63. The molecular formula is C53H54N3OPt+. The van der Waals surface area contributed by atoms with Crippen LogP contribution in [0.1, 0.15) is 105 Å². The normalized spacial score (nSPS) is 12.7. The van der Waals surface area contributed by atoms with Crippen LogP contribution in [0.3, 0.4) is 0 Å². The number of para-hydroxylation sites is 2. The fourth-order valence-electron chi connectivity index (χ4n) is 7.53. The Kier molecular flexibility index (Phi) is 10.5. The fourth-order valence-corrected chi connectivity index (χ4v) is 7.53. The molecule has 0 radical (unpaired) electrons. The van der Waals surface area contributed by atoms with Crippen LogP contribution in [-0.4, -0.2) is 9.13 Å². The zero-order valence-corrected chi connectivity index (χ0v) is 38.2. The molecule has 5 heteroatoms. The van der Waals surface area contributed by atoms with Crippen LogP contribution >= 0.6 is 0 Å². The van der Waals surface area contributed by atoms with E-state index >= 15 is 0 Å². The molecule has 0 aliphatic heterocycles. The van der Waals surface area contributed by atoms with Crippen molar-refractivity contribution in [2.75, 3.05) is 0 Å². The van der Waals surface area contributed by atoms with Crippen LogP contribution in [-0.2, 0) is 42.7 Å². The van der Waals surface area contributed by atoms with Gasteiger partial charge in [0.2, 0.25) is 0 Å². The second kappa shape index (κ2) is 14.7. The van der Waals surface area contributed by atoms with Crippen molar-refractivity contribution in [1.29, 1.82) is 0 Å². The van der Waals surface area contributed by atoms with Gasteiger partial charge in [0, 0.05) is 17.0 Å².